The van der Waals surface area contributed by atoms with E-state index in [1.54, 1.807) is 6.08 Å². The fourth-order valence-electron chi connectivity index (χ4n) is 6.89. The molecule has 0 aliphatic carbocycles. The summed E-state index contributed by atoms with van der Waals surface area (Å²) in [5.74, 6) is -0.0800. The van der Waals surface area contributed by atoms with E-state index in [0.29, 0.717) is 6.42 Å². The zero-order chi connectivity index (χ0) is 41.4. The third kappa shape index (κ3) is 44.5. The fourth-order valence-corrected chi connectivity index (χ4v) is 6.89. The van der Waals surface area contributed by atoms with Crippen LogP contribution in [0.15, 0.2) is 85.1 Å². The molecule has 2 unspecified atom stereocenters. The van der Waals surface area contributed by atoms with Crippen molar-refractivity contribution in [2.75, 3.05) is 6.61 Å². The number of carbonyl (C=O) groups excluding carboxylic acids is 1. The van der Waals surface area contributed by atoms with E-state index in [9.17, 15) is 15.0 Å². The van der Waals surface area contributed by atoms with Crippen LogP contribution in [0.4, 0.5) is 0 Å². The Balaban J connectivity index is 3.48. The van der Waals surface area contributed by atoms with E-state index in [4.69, 9.17) is 0 Å². The van der Waals surface area contributed by atoms with E-state index in [2.05, 4.69) is 92.1 Å². The Morgan fingerprint density at radius 3 is 1.23 bits per heavy atom. The van der Waals surface area contributed by atoms with Crippen LogP contribution in [-0.4, -0.2) is 34.9 Å². The molecule has 0 fully saturated rings. The van der Waals surface area contributed by atoms with Crippen LogP contribution in [0.25, 0.3) is 0 Å². The SMILES string of the molecule is CC/C=C\C/C=C\C/C=C\C/C=C\CCCCCCCCCCCCCCCCCCCCCCC(=O)NC(CO)C(O)/C=C/CC/C=C/CC/C=C/CCCC. The number of rotatable bonds is 43. The van der Waals surface area contributed by atoms with E-state index < -0.39 is 12.1 Å². The monoisotopic (exact) mass is 792 g/mol. The number of unbranched alkanes of at least 4 members (excludes halogenated alkanes) is 24. The highest BCUT2D eigenvalue weighted by Crippen LogP contribution is 2.16. The molecule has 2 atom stereocenters. The first-order chi connectivity index (χ1) is 28.2. The van der Waals surface area contributed by atoms with Gasteiger partial charge in [0.25, 0.3) is 0 Å². The third-order valence-electron chi connectivity index (χ3n) is 10.6. The molecule has 0 bridgehead atoms. The summed E-state index contributed by atoms with van der Waals surface area (Å²) in [6.45, 7) is 4.13. The molecule has 0 saturated heterocycles. The summed E-state index contributed by atoms with van der Waals surface area (Å²) in [6.07, 6.45) is 70.1. The predicted octanol–water partition coefficient (Wildman–Crippen LogP) is 15.6. The topological polar surface area (TPSA) is 69.6 Å². The second-order valence-corrected chi connectivity index (χ2v) is 16.1. The van der Waals surface area contributed by atoms with E-state index in [1.165, 1.54) is 141 Å². The van der Waals surface area contributed by atoms with Crippen LogP contribution < -0.4 is 5.32 Å². The second kappa shape index (κ2) is 47.9. The minimum absolute atomic E-state index is 0.0800. The summed E-state index contributed by atoms with van der Waals surface area (Å²) in [7, 11) is 0. The van der Waals surface area contributed by atoms with Crippen LogP contribution in [0, 0.1) is 0 Å². The lowest BCUT2D eigenvalue weighted by atomic mass is 10.0. The van der Waals surface area contributed by atoms with Gasteiger partial charge in [0.1, 0.15) is 0 Å². The van der Waals surface area contributed by atoms with Gasteiger partial charge in [0.15, 0.2) is 0 Å². The summed E-state index contributed by atoms with van der Waals surface area (Å²) in [4.78, 5) is 12.4. The van der Waals surface area contributed by atoms with Gasteiger partial charge in [0.2, 0.25) is 5.91 Å². The van der Waals surface area contributed by atoms with Crippen molar-refractivity contribution in [2.24, 2.45) is 0 Å². The van der Waals surface area contributed by atoms with Crippen LogP contribution in [0.3, 0.4) is 0 Å². The highest BCUT2D eigenvalue weighted by Gasteiger charge is 2.17. The van der Waals surface area contributed by atoms with Crippen molar-refractivity contribution in [3.8, 4) is 0 Å². The molecular formula is C53H93NO3. The summed E-state index contributed by atoms with van der Waals surface area (Å²) in [5.41, 5.74) is 0. The molecule has 4 nitrogen and oxygen atoms in total. The van der Waals surface area contributed by atoms with Gasteiger partial charge in [0.05, 0.1) is 18.8 Å². The van der Waals surface area contributed by atoms with Gasteiger partial charge in [-0.2, -0.15) is 0 Å². The maximum absolute atomic E-state index is 12.4. The largest absolute Gasteiger partial charge is 0.394 e. The Morgan fingerprint density at radius 1 is 0.439 bits per heavy atom. The first-order valence-electron chi connectivity index (χ1n) is 24.3. The minimum Gasteiger partial charge on any atom is -0.394 e. The quantitative estimate of drug-likeness (QED) is 0.0425. The van der Waals surface area contributed by atoms with Gasteiger partial charge in [-0.3, -0.25) is 4.79 Å². The van der Waals surface area contributed by atoms with Crippen molar-refractivity contribution in [1.29, 1.82) is 0 Å². The zero-order valence-electron chi connectivity index (χ0n) is 37.6. The number of allylic oxidation sites excluding steroid dienone is 13. The fraction of sp³-hybridized carbons (Fsp3) is 0.717. The molecule has 0 saturated carbocycles. The number of aliphatic hydroxyl groups excluding tert-OH is 2. The number of aliphatic hydroxyl groups is 2. The molecule has 0 aromatic carbocycles. The number of carbonyl (C=O) groups is 1. The molecule has 57 heavy (non-hydrogen) atoms. The maximum Gasteiger partial charge on any atom is 0.220 e. The van der Waals surface area contributed by atoms with Crippen molar-refractivity contribution in [1.82, 2.24) is 5.32 Å². The predicted molar refractivity (Wildman–Crippen MR) is 253 cm³/mol. The lowest BCUT2D eigenvalue weighted by Gasteiger charge is -2.19. The van der Waals surface area contributed by atoms with Crippen LogP contribution in [0.5, 0.6) is 0 Å². The summed E-state index contributed by atoms with van der Waals surface area (Å²) in [5, 5.41) is 22.9. The third-order valence-corrected chi connectivity index (χ3v) is 10.6. The Morgan fingerprint density at radius 2 is 0.789 bits per heavy atom. The summed E-state index contributed by atoms with van der Waals surface area (Å²) >= 11 is 0. The lowest BCUT2D eigenvalue weighted by molar-refractivity contribution is -0.123. The van der Waals surface area contributed by atoms with Crippen LogP contribution in [0.2, 0.25) is 0 Å². The van der Waals surface area contributed by atoms with Crippen molar-refractivity contribution < 1.29 is 15.0 Å². The molecule has 1 amide bonds. The maximum atomic E-state index is 12.4. The molecular weight excluding hydrogens is 699 g/mol. The van der Waals surface area contributed by atoms with Gasteiger partial charge in [-0.25, -0.2) is 0 Å². The average molecular weight is 792 g/mol. The lowest BCUT2D eigenvalue weighted by Crippen LogP contribution is -2.45. The Kier molecular flexibility index (Phi) is 45.9. The molecule has 0 aliphatic rings. The van der Waals surface area contributed by atoms with Gasteiger partial charge in [0, 0.05) is 6.42 Å². The zero-order valence-corrected chi connectivity index (χ0v) is 37.6. The van der Waals surface area contributed by atoms with E-state index in [1.807, 2.05) is 6.08 Å². The molecule has 3 N–H and O–H groups in total. The molecule has 0 spiro atoms. The minimum atomic E-state index is -0.870. The summed E-state index contributed by atoms with van der Waals surface area (Å²) < 4.78 is 0. The van der Waals surface area contributed by atoms with Crippen molar-refractivity contribution in [2.45, 2.75) is 238 Å². The molecule has 0 heterocycles. The number of hydrogen-bond donors (Lipinski definition) is 3. The van der Waals surface area contributed by atoms with Crippen molar-refractivity contribution >= 4 is 5.91 Å². The molecule has 328 valence electrons. The van der Waals surface area contributed by atoms with Gasteiger partial charge in [-0.15, -0.1) is 0 Å². The Labute approximate surface area is 354 Å². The van der Waals surface area contributed by atoms with Crippen LogP contribution in [0.1, 0.15) is 226 Å². The van der Waals surface area contributed by atoms with E-state index in [0.717, 1.165) is 64.2 Å². The Hall–Kier alpha value is -2.43. The molecule has 4 heteroatoms. The molecule has 0 rings (SSSR count). The summed E-state index contributed by atoms with van der Waals surface area (Å²) in [6, 6.07) is -0.646. The molecule has 0 aliphatic heterocycles. The smallest absolute Gasteiger partial charge is 0.220 e. The Bertz CT molecular complexity index is 1030. The number of amides is 1. The van der Waals surface area contributed by atoms with E-state index in [-0.39, 0.29) is 12.5 Å². The second-order valence-electron chi connectivity index (χ2n) is 16.1. The van der Waals surface area contributed by atoms with Gasteiger partial charge in [-0.05, 0) is 77.0 Å². The average Bonchev–Trinajstić information content (AvgIpc) is 3.22. The van der Waals surface area contributed by atoms with Crippen LogP contribution >= 0.6 is 0 Å². The normalized spacial score (nSPS) is 13.7. The first-order valence-corrected chi connectivity index (χ1v) is 24.3. The standard InChI is InChI=1S/C53H93NO3/c1-3-5-7-9-11-13-15-17-18-19-20-21-22-23-24-25-26-27-28-29-30-31-32-33-34-35-36-37-39-41-43-45-47-49-53(57)54-51(50-55)52(56)48-46-44-42-40-38-16-14-12-10-8-6-4-2/h5,7,10-13,17-18,20-21,38,40,46,48,51-52,55-56H,3-4,6,8-9,14-16,19,22-37,39,41-45,47,49-50H2,1-2H3,(H,54,57)/b7-5-,12-10+,13-11-,18-17-,21-20-,40-38+,48-46+. The van der Waals surface area contributed by atoms with Crippen molar-refractivity contribution in [3.05, 3.63) is 85.1 Å². The number of nitrogens with one attached hydrogen (secondary N) is 1. The highest BCUT2D eigenvalue weighted by atomic mass is 16.3. The first kappa shape index (κ1) is 54.6. The van der Waals surface area contributed by atoms with Crippen molar-refractivity contribution in [3.63, 3.8) is 0 Å². The van der Waals surface area contributed by atoms with Gasteiger partial charge >= 0.3 is 0 Å². The van der Waals surface area contributed by atoms with E-state index >= 15 is 0 Å². The molecule has 0 radical (unpaired) electrons. The van der Waals surface area contributed by atoms with Gasteiger partial charge < -0.3 is 15.5 Å². The molecule has 0 aromatic heterocycles. The highest BCUT2D eigenvalue weighted by molar-refractivity contribution is 5.76. The number of hydrogen-bond acceptors (Lipinski definition) is 3. The molecule has 0 aromatic rings. The van der Waals surface area contributed by atoms with Crippen LogP contribution in [-0.2, 0) is 4.79 Å². The van der Waals surface area contributed by atoms with Gasteiger partial charge in [-0.1, -0.05) is 227 Å².